The lowest BCUT2D eigenvalue weighted by atomic mass is 10.2. The molecule has 0 aliphatic rings. The van der Waals surface area contributed by atoms with E-state index in [1.165, 1.54) is 0 Å². The summed E-state index contributed by atoms with van der Waals surface area (Å²) in [6.45, 7) is 6.00. The van der Waals surface area contributed by atoms with E-state index in [2.05, 4.69) is 15.1 Å². The maximum Gasteiger partial charge on any atom is 0.265 e. The van der Waals surface area contributed by atoms with Gasteiger partial charge in [-0.05, 0) is 38.5 Å². The molecule has 2 aromatic heterocycles. The lowest BCUT2D eigenvalue weighted by Crippen LogP contribution is -2.05. The number of rotatable bonds is 4. The van der Waals surface area contributed by atoms with Crippen LogP contribution in [-0.4, -0.2) is 26.9 Å². The van der Waals surface area contributed by atoms with Crippen LogP contribution in [0.5, 0.6) is 17.4 Å². The van der Waals surface area contributed by atoms with Crippen LogP contribution in [0.15, 0.2) is 36.7 Å². The second kappa shape index (κ2) is 6.08. The number of aromatic nitrogens is 4. The Labute approximate surface area is 134 Å². The van der Waals surface area contributed by atoms with Gasteiger partial charge in [-0.15, -0.1) is 0 Å². The molecule has 0 N–H and O–H groups in total. The van der Waals surface area contributed by atoms with E-state index in [-0.39, 0.29) is 0 Å². The Kier molecular flexibility index (Phi) is 3.97. The molecule has 0 spiro atoms. The van der Waals surface area contributed by atoms with Crippen LogP contribution >= 0.6 is 0 Å². The van der Waals surface area contributed by atoms with Gasteiger partial charge in [0.1, 0.15) is 11.5 Å². The maximum absolute atomic E-state index is 5.90. The molecule has 0 aliphatic carbocycles. The highest BCUT2D eigenvalue weighted by Gasteiger charge is 2.16. The van der Waals surface area contributed by atoms with Crippen molar-refractivity contribution >= 4 is 0 Å². The van der Waals surface area contributed by atoms with Gasteiger partial charge in [-0.2, -0.15) is 5.10 Å². The summed E-state index contributed by atoms with van der Waals surface area (Å²) in [5.74, 6) is 2.30. The Hall–Kier alpha value is -2.89. The van der Waals surface area contributed by atoms with Gasteiger partial charge in [-0.25, -0.2) is 14.6 Å². The SMILES string of the molecule is COc1cccc(Oc2nccnc2-n2nc(C)c(C)c2C)c1. The number of aryl methyl sites for hydroxylation is 1. The standard InChI is InChI=1S/C17H18N4O2/c1-11-12(2)20-21(13(11)3)16-17(19-9-8-18-16)23-15-7-5-6-14(10-15)22-4/h5-10H,1-4H3. The number of benzene rings is 1. The fourth-order valence-corrected chi connectivity index (χ4v) is 2.24. The van der Waals surface area contributed by atoms with Gasteiger partial charge in [-0.1, -0.05) is 6.07 Å². The number of ether oxygens (including phenoxy) is 2. The van der Waals surface area contributed by atoms with Gasteiger partial charge in [0.15, 0.2) is 0 Å². The van der Waals surface area contributed by atoms with E-state index >= 15 is 0 Å². The zero-order valence-corrected chi connectivity index (χ0v) is 13.6. The molecule has 0 saturated heterocycles. The van der Waals surface area contributed by atoms with Crippen LogP contribution in [-0.2, 0) is 0 Å². The molecule has 0 radical (unpaired) electrons. The van der Waals surface area contributed by atoms with Crippen molar-refractivity contribution in [3.05, 3.63) is 53.6 Å². The molecule has 1 aromatic carbocycles. The van der Waals surface area contributed by atoms with Gasteiger partial charge in [0, 0.05) is 24.2 Å². The van der Waals surface area contributed by atoms with Crippen LogP contribution in [0.3, 0.4) is 0 Å². The minimum atomic E-state index is 0.395. The first-order valence-corrected chi connectivity index (χ1v) is 7.26. The summed E-state index contributed by atoms with van der Waals surface area (Å²) in [6.07, 6.45) is 3.22. The quantitative estimate of drug-likeness (QED) is 0.739. The molecule has 0 saturated carbocycles. The molecule has 118 valence electrons. The first kappa shape index (κ1) is 15.0. The summed E-state index contributed by atoms with van der Waals surface area (Å²) in [5, 5.41) is 4.53. The second-order valence-electron chi connectivity index (χ2n) is 5.17. The van der Waals surface area contributed by atoms with Gasteiger partial charge in [0.25, 0.3) is 5.88 Å². The van der Waals surface area contributed by atoms with E-state index in [4.69, 9.17) is 9.47 Å². The number of methoxy groups -OCH3 is 1. The largest absolute Gasteiger partial charge is 0.497 e. The maximum atomic E-state index is 5.90. The number of hydrogen-bond donors (Lipinski definition) is 0. The monoisotopic (exact) mass is 310 g/mol. The minimum absolute atomic E-state index is 0.395. The van der Waals surface area contributed by atoms with Crippen molar-refractivity contribution in [1.82, 2.24) is 19.7 Å². The predicted octanol–water partition coefficient (Wildman–Crippen LogP) is 3.39. The van der Waals surface area contributed by atoms with E-state index in [1.54, 1.807) is 30.3 Å². The summed E-state index contributed by atoms with van der Waals surface area (Å²) in [6, 6.07) is 7.35. The van der Waals surface area contributed by atoms with Crippen LogP contribution in [0.1, 0.15) is 17.0 Å². The normalized spacial score (nSPS) is 10.6. The van der Waals surface area contributed by atoms with Gasteiger partial charge in [0.05, 0.1) is 12.8 Å². The van der Waals surface area contributed by atoms with Crippen molar-refractivity contribution in [3.8, 4) is 23.2 Å². The van der Waals surface area contributed by atoms with Crippen LogP contribution in [0, 0.1) is 20.8 Å². The van der Waals surface area contributed by atoms with Crippen molar-refractivity contribution in [3.63, 3.8) is 0 Å². The first-order valence-electron chi connectivity index (χ1n) is 7.26. The van der Waals surface area contributed by atoms with Gasteiger partial charge >= 0.3 is 0 Å². The molecule has 3 aromatic rings. The third-order valence-electron chi connectivity index (χ3n) is 3.76. The molecule has 0 fully saturated rings. The Morgan fingerprint density at radius 1 is 1.00 bits per heavy atom. The molecule has 0 aliphatic heterocycles. The second-order valence-corrected chi connectivity index (χ2v) is 5.17. The van der Waals surface area contributed by atoms with Crippen molar-refractivity contribution < 1.29 is 9.47 Å². The molecular weight excluding hydrogens is 292 g/mol. The minimum Gasteiger partial charge on any atom is -0.497 e. The van der Waals surface area contributed by atoms with Crippen LogP contribution in [0.2, 0.25) is 0 Å². The Bertz CT molecular complexity index is 842. The van der Waals surface area contributed by atoms with Gasteiger partial charge < -0.3 is 9.47 Å². The van der Waals surface area contributed by atoms with Crippen LogP contribution < -0.4 is 9.47 Å². The summed E-state index contributed by atoms with van der Waals surface area (Å²) >= 11 is 0. The summed E-state index contributed by atoms with van der Waals surface area (Å²) in [5.41, 5.74) is 3.10. The molecule has 3 rings (SSSR count). The van der Waals surface area contributed by atoms with E-state index < -0.39 is 0 Å². The highest BCUT2D eigenvalue weighted by atomic mass is 16.5. The highest BCUT2D eigenvalue weighted by molar-refractivity contribution is 5.42. The number of nitrogens with zero attached hydrogens (tertiary/aromatic N) is 4. The zero-order valence-electron chi connectivity index (χ0n) is 13.6. The van der Waals surface area contributed by atoms with E-state index in [0.29, 0.717) is 17.4 Å². The Balaban J connectivity index is 2.02. The van der Waals surface area contributed by atoms with E-state index in [9.17, 15) is 0 Å². The van der Waals surface area contributed by atoms with Gasteiger partial charge in [0.2, 0.25) is 5.82 Å². The number of hydrogen-bond acceptors (Lipinski definition) is 5. The van der Waals surface area contributed by atoms with Crippen LogP contribution in [0.25, 0.3) is 5.82 Å². The Morgan fingerprint density at radius 2 is 1.74 bits per heavy atom. The summed E-state index contributed by atoms with van der Waals surface area (Å²) < 4.78 is 12.9. The molecule has 0 atom stereocenters. The molecule has 2 heterocycles. The molecule has 0 amide bonds. The Morgan fingerprint density at radius 3 is 2.43 bits per heavy atom. The first-order chi connectivity index (χ1) is 11.1. The summed E-state index contributed by atoms with van der Waals surface area (Å²) in [4.78, 5) is 8.68. The highest BCUT2D eigenvalue weighted by Crippen LogP contribution is 2.28. The molecule has 6 nitrogen and oxygen atoms in total. The van der Waals surface area contributed by atoms with Crippen LogP contribution in [0.4, 0.5) is 0 Å². The summed E-state index contributed by atoms with van der Waals surface area (Å²) in [7, 11) is 1.62. The average molecular weight is 310 g/mol. The molecule has 23 heavy (non-hydrogen) atoms. The third-order valence-corrected chi connectivity index (χ3v) is 3.76. The third kappa shape index (κ3) is 2.88. The van der Waals surface area contributed by atoms with Crippen molar-refractivity contribution in [2.24, 2.45) is 0 Å². The smallest absolute Gasteiger partial charge is 0.265 e. The fourth-order valence-electron chi connectivity index (χ4n) is 2.24. The lowest BCUT2D eigenvalue weighted by Gasteiger charge is -2.10. The molecular formula is C17H18N4O2. The molecule has 0 bridgehead atoms. The predicted molar refractivity (Wildman–Crippen MR) is 86.4 cm³/mol. The fraction of sp³-hybridized carbons (Fsp3) is 0.235. The van der Waals surface area contributed by atoms with Gasteiger partial charge in [-0.3, -0.25) is 0 Å². The van der Waals surface area contributed by atoms with E-state index in [0.717, 1.165) is 22.7 Å². The molecule has 0 unspecified atom stereocenters. The zero-order chi connectivity index (χ0) is 16.4. The van der Waals surface area contributed by atoms with Crippen molar-refractivity contribution in [2.75, 3.05) is 7.11 Å². The molecule has 6 heteroatoms. The topological polar surface area (TPSA) is 62.1 Å². The van der Waals surface area contributed by atoms with E-state index in [1.807, 2.05) is 39.0 Å². The lowest BCUT2D eigenvalue weighted by molar-refractivity contribution is 0.406. The average Bonchev–Trinajstić information content (AvgIpc) is 2.83. The van der Waals surface area contributed by atoms with Crippen molar-refractivity contribution in [2.45, 2.75) is 20.8 Å². The van der Waals surface area contributed by atoms with Crippen molar-refractivity contribution in [1.29, 1.82) is 0 Å².